The van der Waals surface area contributed by atoms with Gasteiger partial charge >= 0.3 is 5.69 Å². The summed E-state index contributed by atoms with van der Waals surface area (Å²) in [6, 6.07) is 8.40. The maximum atomic E-state index is 12.4. The van der Waals surface area contributed by atoms with Gasteiger partial charge in [-0.2, -0.15) is 0 Å². The van der Waals surface area contributed by atoms with Gasteiger partial charge in [0.15, 0.2) is 17.3 Å². The summed E-state index contributed by atoms with van der Waals surface area (Å²) in [5.41, 5.74) is 0.665. The molecule has 1 N–H and O–H groups in total. The van der Waals surface area contributed by atoms with Crippen LogP contribution in [0.5, 0.6) is 11.5 Å². The van der Waals surface area contributed by atoms with E-state index in [9.17, 15) is 14.9 Å². The Labute approximate surface area is 185 Å². The lowest BCUT2D eigenvalue weighted by atomic mass is 9.90. The van der Waals surface area contributed by atoms with E-state index in [0.717, 1.165) is 5.56 Å². The average molecular weight is 446 g/mol. The number of nitro groups is 1. The van der Waals surface area contributed by atoms with E-state index in [0.29, 0.717) is 29.8 Å². The summed E-state index contributed by atoms with van der Waals surface area (Å²) in [5, 5.41) is 13.9. The summed E-state index contributed by atoms with van der Waals surface area (Å²) < 4.78 is 11.0. The van der Waals surface area contributed by atoms with Gasteiger partial charge < -0.3 is 14.8 Å². The van der Waals surface area contributed by atoms with Crippen LogP contribution in [-0.2, 0) is 10.5 Å². The molecule has 0 aliphatic heterocycles. The zero-order valence-electron chi connectivity index (χ0n) is 17.5. The third-order valence-electron chi connectivity index (χ3n) is 5.17. The number of hydrogen-bond donors (Lipinski definition) is 1. The van der Waals surface area contributed by atoms with Gasteiger partial charge in [-0.05, 0) is 42.5 Å². The summed E-state index contributed by atoms with van der Waals surface area (Å²) in [6.45, 7) is 0.638. The Hall–Kier alpha value is -2.81. The smallest absolute Gasteiger partial charge is 0.311 e. The second kappa shape index (κ2) is 11.5. The molecule has 0 radical (unpaired) electrons. The van der Waals surface area contributed by atoms with E-state index >= 15 is 0 Å². The Balaban J connectivity index is 1.50. The zero-order chi connectivity index (χ0) is 22.1. The maximum Gasteiger partial charge on any atom is 0.311 e. The van der Waals surface area contributed by atoms with Gasteiger partial charge in [0, 0.05) is 18.0 Å². The first-order valence-electron chi connectivity index (χ1n) is 10.3. The van der Waals surface area contributed by atoms with Crippen LogP contribution in [0.3, 0.4) is 0 Å². The molecule has 0 saturated heterocycles. The number of carbonyl (C=O) groups is 1. The second-order valence-electron chi connectivity index (χ2n) is 7.47. The zero-order valence-corrected chi connectivity index (χ0v) is 18.4. The van der Waals surface area contributed by atoms with E-state index in [2.05, 4.69) is 10.3 Å². The summed E-state index contributed by atoms with van der Waals surface area (Å²) in [4.78, 5) is 27.3. The average Bonchev–Trinajstić information content (AvgIpc) is 2.79. The van der Waals surface area contributed by atoms with E-state index in [4.69, 9.17) is 9.47 Å². The molecule has 3 rings (SSSR count). The van der Waals surface area contributed by atoms with Crippen molar-refractivity contribution in [2.75, 3.05) is 24.8 Å². The van der Waals surface area contributed by atoms with E-state index in [1.807, 2.05) is 6.07 Å². The predicted molar refractivity (Wildman–Crippen MR) is 121 cm³/mol. The fourth-order valence-electron chi connectivity index (χ4n) is 3.56. The van der Waals surface area contributed by atoms with Crippen LogP contribution in [0.25, 0.3) is 0 Å². The summed E-state index contributed by atoms with van der Waals surface area (Å²) in [5.74, 6) is 2.23. The number of nitrogens with zero attached hydrogens (tertiary/aromatic N) is 2. The number of methoxy groups -OCH3 is 1. The molecule has 9 heteroatoms. The highest BCUT2D eigenvalue weighted by Crippen LogP contribution is 2.29. The van der Waals surface area contributed by atoms with Gasteiger partial charge in [0.25, 0.3) is 0 Å². The standard InChI is InChI=1S/C22H27N3O5S/c1-29-19-10-9-17(12-18(19)25(27)28)14-31-15-21(26)24-22-20(8-5-11-23-22)30-13-16-6-3-2-4-7-16/h5,8-12,16H,2-4,6-7,13-15H2,1H3,(H,23,24,26). The number of ether oxygens (including phenoxy) is 2. The molecular weight excluding hydrogens is 418 g/mol. The molecule has 0 bridgehead atoms. The molecule has 8 nitrogen and oxygen atoms in total. The van der Waals surface area contributed by atoms with Crippen LogP contribution in [0.4, 0.5) is 11.5 Å². The first-order chi connectivity index (χ1) is 15.1. The van der Waals surface area contributed by atoms with E-state index in [1.165, 1.54) is 57.0 Å². The molecule has 166 valence electrons. The number of rotatable bonds is 10. The molecule has 1 aromatic heterocycles. The molecule has 1 aliphatic carbocycles. The summed E-state index contributed by atoms with van der Waals surface area (Å²) in [6.07, 6.45) is 7.78. The van der Waals surface area contributed by atoms with E-state index < -0.39 is 4.92 Å². The van der Waals surface area contributed by atoms with Gasteiger partial charge in [-0.15, -0.1) is 11.8 Å². The minimum Gasteiger partial charge on any atom is -0.490 e. The van der Waals surface area contributed by atoms with Crippen LogP contribution in [0, 0.1) is 16.0 Å². The van der Waals surface area contributed by atoms with Gasteiger partial charge in [0.1, 0.15) is 0 Å². The van der Waals surface area contributed by atoms with Crippen molar-refractivity contribution in [1.82, 2.24) is 4.98 Å². The Morgan fingerprint density at radius 2 is 2.06 bits per heavy atom. The minimum atomic E-state index is -0.477. The van der Waals surface area contributed by atoms with E-state index in [-0.39, 0.29) is 23.1 Å². The van der Waals surface area contributed by atoms with Gasteiger partial charge in [0.2, 0.25) is 5.91 Å². The minimum absolute atomic E-state index is 0.0849. The van der Waals surface area contributed by atoms with Crippen molar-refractivity contribution in [1.29, 1.82) is 0 Å². The molecule has 0 spiro atoms. The Kier molecular flexibility index (Phi) is 8.52. The van der Waals surface area contributed by atoms with Crippen molar-refractivity contribution < 1.29 is 19.2 Å². The van der Waals surface area contributed by atoms with Crippen molar-refractivity contribution in [3.8, 4) is 11.5 Å². The SMILES string of the molecule is COc1ccc(CSCC(=O)Nc2ncccc2OCC2CCCCC2)cc1[N+](=O)[O-]. The highest BCUT2D eigenvalue weighted by molar-refractivity contribution is 7.99. The van der Waals surface area contributed by atoms with Crippen LogP contribution in [0.2, 0.25) is 0 Å². The quantitative estimate of drug-likeness (QED) is 0.413. The Morgan fingerprint density at radius 3 is 2.81 bits per heavy atom. The third-order valence-corrected chi connectivity index (χ3v) is 6.17. The number of aromatic nitrogens is 1. The van der Waals surface area contributed by atoms with Crippen molar-refractivity contribution >= 4 is 29.2 Å². The van der Waals surface area contributed by atoms with Gasteiger partial charge in [-0.25, -0.2) is 4.98 Å². The van der Waals surface area contributed by atoms with Gasteiger partial charge in [-0.3, -0.25) is 14.9 Å². The molecule has 1 amide bonds. The second-order valence-corrected chi connectivity index (χ2v) is 8.46. The molecule has 1 aromatic carbocycles. The molecular formula is C22H27N3O5S. The highest BCUT2D eigenvalue weighted by Gasteiger charge is 2.17. The lowest BCUT2D eigenvalue weighted by Crippen LogP contribution is -2.18. The molecule has 0 atom stereocenters. The molecule has 31 heavy (non-hydrogen) atoms. The van der Waals surface area contributed by atoms with Gasteiger partial charge in [0.05, 0.1) is 24.4 Å². The number of hydrogen-bond acceptors (Lipinski definition) is 7. The fraction of sp³-hybridized carbons (Fsp3) is 0.455. The number of benzene rings is 1. The van der Waals surface area contributed by atoms with Crippen molar-refractivity contribution in [3.63, 3.8) is 0 Å². The highest BCUT2D eigenvalue weighted by atomic mass is 32.2. The van der Waals surface area contributed by atoms with Crippen LogP contribution < -0.4 is 14.8 Å². The summed E-state index contributed by atoms with van der Waals surface area (Å²) in [7, 11) is 1.39. The summed E-state index contributed by atoms with van der Waals surface area (Å²) >= 11 is 1.37. The number of thioether (sulfide) groups is 1. The number of amides is 1. The Bertz CT molecular complexity index is 902. The van der Waals surface area contributed by atoms with Crippen molar-refractivity contribution in [2.24, 2.45) is 5.92 Å². The van der Waals surface area contributed by atoms with Crippen LogP contribution in [-0.4, -0.2) is 35.3 Å². The molecule has 1 aliphatic rings. The first kappa shape index (κ1) is 22.9. The molecule has 1 fully saturated rings. The number of nitrogens with one attached hydrogen (secondary N) is 1. The topological polar surface area (TPSA) is 104 Å². The number of anilines is 1. The molecule has 0 unspecified atom stereocenters. The third kappa shape index (κ3) is 6.85. The van der Waals surface area contributed by atoms with Crippen LogP contribution in [0.15, 0.2) is 36.5 Å². The lowest BCUT2D eigenvalue weighted by molar-refractivity contribution is -0.385. The maximum absolute atomic E-state index is 12.4. The monoisotopic (exact) mass is 445 g/mol. The lowest BCUT2D eigenvalue weighted by Gasteiger charge is -2.22. The van der Waals surface area contributed by atoms with Crippen LogP contribution in [0.1, 0.15) is 37.7 Å². The number of pyridine rings is 1. The Morgan fingerprint density at radius 1 is 1.26 bits per heavy atom. The number of carbonyl (C=O) groups excluding carboxylic acids is 1. The van der Waals surface area contributed by atoms with Crippen LogP contribution >= 0.6 is 11.8 Å². The fourth-order valence-corrected chi connectivity index (χ4v) is 4.33. The van der Waals surface area contributed by atoms with E-state index in [1.54, 1.807) is 24.4 Å². The molecule has 2 aromatic rings. The normalized spacial score (nSPS) is 14.1. The van der Waals surface area contributed by atoms with Crippen molar-refractivity contribution in [3.05, 3.63) is 52.2 Å². The largest absolute Gasteiger partial charge is 0.490 e. The molecule has 1 heterocycles. The first-order valence-corrected chi connectivity index (χ1v) is 11.5. The van der Waals surface area contributed by atoms with Crippen molar-refractivity contribution in [2.45, 2.75) is 37.9 Å². The van der Waals surface area contributed by atoms with Gasteiger partial charge in [-0.1, -0.05) is 25.3 Å². The molecule has 1 saturated carbocycles. The number of nitro benzene ring substituents is 1. The predicted octanol–water partition coefficient (Wildman–Crippen LogP) is 4.83.